The van der Waals surface area contributed by atoms with Crippen LogP contribution in [-0.2, 0) is 13.1 Å². The zero-order chi connectivity index (χ0) is 10.8. The molecule has 1 amide bonds. The monoisotopic (exact) mass is 205 g/mol. The Morgan fingerprint density at radius 3 is 2.93 bits per heavy atom. The highest BCUT2D eigenvalue weighted by atomic mass is 16.1. The second-order valence-corrected chi connectivity index (χ2v) is 4.07. The van der Waals surface area contributed by atoms with Crippen molar-refractivity contribution < 1.29 is 4.79 Å². The molecule has 80 valence electrons. The summed E-state index contributed by atoms with van der Waals surface area (Å²) in [6.45, 7) is 5.56. The number of pyridine rings is 1. The number of nitrogens with zero attached hydrogens (tertiary/aromatic N) is 1. The van der Waals surface area contributed by atoms with Crippen LogP contribution in [0.4, 0.5) is 0 Å². The quantitative estimate of drug-likeness (QED) is 0.751. The van der Waals surface area contributed by atoms with Crippen LogP contribution in [0.3, 0.4) is 0 Å². The Balaban J connectivity index is 2.19. The van der Waals surface area contributed by atoms with Gasteiger partial charge in [0.05, 0.1) is 0 Å². The fourth-order valence-electron chi connectivity index (χ4n) is 1.64. The van der Waals surface area contributed by atoms with Gasteiger partial charge in [-0.2, -0.15) is 0 Å². The molecule has 0 aliphatic carbocycles. The predicted octanol–water partition coefficient (Wildman–Crippen LogP) is 0.823. The second-order valence-electron chi connectivity index (χ2n) is 4.07. The van der Waals surface area contributed by atoms with Gasteiger partial charge in [0.15, 0.2) is 0 Å². The molecular formula is C11H15N3O. The zero-order valence-electron chi connectivity index (χ0n) is 9.00. The minimum Gasteiger partial charge on any atom is -0.349 e. The normalized spacial score (nSPS) is 14.1. The van der Waals surface area contributed by atoms with E-state index in [-0.39, 0.29) is 11.9 Å². The lowest BCUT2D eigenvalue weighted by molar-refractivity contribution is 0.0938. The molecule has 1 aromatic rings. The Bertz CT molecular complexity index is 387. The molecule has 1 aliphatic rings. The van der Waals surface area contributed by atoms with Crippen LogP contribution in [-0.4, -0.2) is 16.9 Å². The molecule has 0 atom stereocenters. The SMILES string of the molecule is CC(C)NC(=O)c1cc2c(cn1)CNC2. The maximum Gasteiger partial charge on any atom is 0.270 e. The van der Waals surface area contributed by atoms with E-state index in [1.807, 2.05) is 19.9 Å². The van der Waals surface area contributed by atoms with Crippen LogP contribution < -0.4 is 10.6 Å². The molecule has 15 heavy (non-hydrogen) atoms. The maximum absolute atomic E-state index is 11.7. The molecule has 2 rings (SSSR count). The van der Waals surface area contributed by atoms with Crippen LogP contribution in [0.5, 0.6) is 0 Å². The minimum atomic E-state index is -0.0975. The predicted molar refractivity (Wildman–Crippen MR) is 57.4 cm³/mol. The number of carbonyl (C=O) groups excluding carboxylic acids is 1. The van der Waals surface area contributed by atoms with Crippen molar-refractivity contribution in [3.63, 3.8) is 0 Å². The van der Waals surface area contributed by atoms with Crippen molar-refractivity contribution in [3.05, 3.63) is 29.1 Å². The van der Waals surface area contributed by atoms with Crippen LogP contribution in [0.25, 0.3) is 0 Å². The number of aromatic nitrogens is 1. The molecule has 0 saturated carbocycles. The van der Waals surface area contributed by atoms with Gasteiger partial charge >= 0.3 is 0 Å². The molecule has 0 unspecified atom stereocenters. The van der Waals surface area contributed by atoms with E-state index in [1.165, 1.54) is 11.1 Å². The van der Waals surface area contributed by atoms with Gasteiger partial charge in [0.25, 0.3) is 5.91 Å². The number of amides is 1. The van der Waals surface area contributed by atoms with E-state index in [1.54, 1.807) is 6.20 Å². The van der Waals surface area contributed by atoms with Crippen molar-refractivity contribution in [1.82, 2.24) is 15.6 Å². The average molecular weight is 205 g/mol. The largest absolute Gasteiger partial charge is 0.349 e. The number of fused-ring (bicyclic) bond motifs is 1. The van der Waals surface area contributed by atoms with Crippen LogP contribution in [0.2, 0.25) is 0 Å². The first-order valence-electron chi connectivity index (χ1n) is 5.16. The number of carbonyl (C=O) groups is 1. The Labute approximate surface area is 89.1 Å². The molecule has 2 N–H and O–H groups in total. The van der Waals surface area contributed by atoms with Gasteiger partial charge in [-0.3, -0.25) is 9.78 Å². The van der Waals surface area contributed by atoms with Crippen LogP contribution in [0, 0.1) is 0 Å². The lowest BCUT2D eigenvalue weighted by atomic mass is 10.1. The lowest BCUT2D eigenvalue weighted by Gasteiger charge is -2.08. The van der Waals surface area contributed by atoms with E-state index in [4.69, 9.17) is 0 Å². The van der Waals surface area contributed by atoms with Gasteiger partial charge in [-0.25, -0.2) is 0 Å². The highest BCUT2D eigenvalue weighted by Gasteiger charge is 2.14. The van der Waals surface area contributed by atoms with E-state index in [0.717, 1.165) is 13.1 Å². The summed E-state index contributed by atoms with van der Waals surface area (Å²) in [4.78, 5) is 15.8. The van der Waals surface area contributed by atoms with Crippen molar-refractivity contribution >= 4 is 5.91 Å². The molecule has 2 heterocycles. The first-order valence-corrected chi connectivity index (χ1v) is 5.16. The van der Waals surface area contributed by atoms with Crippen LogP contribution in [0.15, 0.2) is 12.3 Å². The molecular weight excluding hydrogens is 190 g/mol. The summed E-state index contributed by atoms with van der Waals surface area (Å²) in [5, 5.41) is 6.05. The average Bonchev–Trinajstić information content (AvgIpc) is 2.62. The summed E-state index contributed by atoms with van der Waals surface area (Å²) in [6, 6.07) is 2.01. The Morgan fingerprint density at radius 2 is 2.20 bits per heavy atom. The first kappa shape index (κ1) is 10.1. The van der Waals surface area contributed by atoms with E-state index in [9.17, 15) is 4.79 Å². The van der Waals surface area contributed by atoms with Crippen molar-refractivity contribution in [2.24, 2.45) is 0 Å². The third-order valence-electron chi connectivity index (χ3n) is 2.37. The fraction of sp³-hybridized carbons (Fsp3) is 0.455. The standard InChI is InChI=1S/C11H15N3O/c1-7(2)14-11(15)10-3-8-4-12-5-9(8)6-13-10/h3,6-7,12H,4-5H2,1-2H3,(H,14,15). The minimum absolute atomic E-state index is 0.0975. The fourth-order valence-corrected chi connectivity index (χ4v) is 1.64. The Kier molecular flexibility index (Phi) is 2.68. The molecule has 0 radical (unpaired) electrons. The summed E-state index contributed by atoms with van der Waals surface area (Å²) in [6.07, 6.45) is 1.78. The highest BCUT2D eigenvalue weighted by Crippen LogP contribution is 2.14. The summed E-state index contributed by atoms with van der Waals surface area (Å²) >= 11 is 0. The maximum atomic E-state index is 11.7. The van der Waals surface area contributed by atoms with Crippen molar-refractivity contribution in [1.29, 1.82) is 0 Å². The molecule has 0 bridgehead atoms. The van der Waals surface area contributed by atoms with Gasteiger partial charge in [0.1, 0.15) is 5.69 Å². The topological polar surface area (TPSA) is 54.0 Å². The van der Waals surface area contributed by atoms with E-state index >= 15 is 0 Å². The molecule has 1 aromatic heterocycles. The van der Waals surface area contributed by atoms with Gasteiger partial charge in [0.2, 0.25) is 0 Å². The third-order valence-corrected chi connectivity index (χ3v) is 2.37. The second kappa shape index (κ2) is 3.98. The number of hydrogen-bond acceptors (Lipinski definition) is 3. The van der Waals surface area contributed by atoms with Gasteiger partial charge < -0.3 is 10.6 Å². The molecule has 0 saturated heterocycles. The van der Waals surface area contributed by atoms with Gasteiger partial charge in [-0.1, -0.05) is 0 Å². The summed E-state index contributed by atoms with van der Waals surface area (Å²) < 4.78 is 0. The van der Waals surface area contributed by atoms with E-state index in [0.29, 0.717) is 5.69 Å². The van der Waals surface area contributed by atoms with Crippen molar-refractivity contribution in [2.75, 3.05) is 0 Å². The van der Waals surface area contributed by atoms with E-state index < -0.39 is 0 Å². The first-order chi connectivity index (χ1) is 7.16. The molecule has 1 aliphatic heterocycles. The van der Waals surface area contributed by atoms with Gasteiger partial charge in [-0.05, 0) is 31.0 Å². The molecule has 0 aromatic carbocycles. The van der Waals surface area contributed by atoms with Crippen LogP contribution in [0.1, 0.15) is 35.5 Å². The molecule has 0 spiro atoms. The smallest absolute Gasteiger partial charge is 0.270 e. The third kappa shape index (κ3) is 2.15. The van der Waals surface area contributed by atoms with Crippen molar-refractivity contribution in [2.45, 2.75) is 33.0 Å². The molecule has 0 fully saturated rings. The van der Waals surface area contributed by atoms with E-state index in [2.05, 4.69) is 15.6 Å². The summed E-state index contributed by atoms with van der Waals surface area (Å²) in [5.41, 5.74) is 2.88. The summed E-state index contributed by atoms with van der Waals surface area (Å²) in [7, 11) is 0. The number of hydrogen-bond donors (Lipinski definition) is 2. The zero-order valence-corrected chi connectivity index (χ0v) is 9.00. The Morgan fingerprint density at radius 1 is 1.47 bits per heavy atom. The number of nitrogens with one attached hydrogen (secondary N) is 2. The molecule has 4 nitrogen and oxygen atoms in total. The molecule has 4 heteroatoms. The Hall–Kier alpha value is -1.42. The lowest BCUT2D eigenvalue weighted by Crippen LogP contribution is -2.30. The van der Waals surface area contributed by atoms with Gasteiger partial charge in [0, 0.05) is 25.3 Å². The number of rotatable bonds is 2. The van der Waals surface area contributed by atoms with Gasteiger partial charge in [-0.15, -0.1) is 0 Å². The summed E-state index contributed by atoms with van der Waals surface area (Å²) in [5.74, 6) is -0.0975. The highest BCUT2D eigenvalue weighted by molar-refractivity contribution is 5.92. The van der Waals surface area contributed by atoms with Crippen molar-refractivity contribution in [3.8, 4) is 0 Å². The van der Waals surface area contributed by atoms with Crippen LogP contribution >= 0.6 is 0 Å².